The summed E-state index contributed by atoms with van der Waals surface area (Å²) in [5, 5.41) is 10.4. The van der Waals surface area contributed by atoms with Crippen molar-refractivity contribution >= 4 is 28.3 Å². The molecule has 2 aromatic carbocycles. The minimum atomic E-state index is -1.31. The molecule has 134 valence electrons. The fraction of sp³-hybridized carbons (Fsp3) is 0.0588. The normalized spacial score (nSPS) is 10.9. The Balaban J connectivity index is 2.24. The van der Waals surface area contributed by atoms with Gasteiger partial charge in [0, 0.05) is 17.7 Å². The number of hydrogen-bond acceptors (Lipinski definition) is 5. The summed E-state index contributed by atoms with van der Waals surface area (Å²) in [6, 6.07) is 5.01. The summed E-state index contributed by atoms with van der Waals surface area (Å²) in [7, 11) is 0. The third-order valence-electron chi connectivity index (χ3n) is 3.61. The van der Waals surface area contributed by atoms with Crippen molar-refractivity contribution in [2.24, 2.45) is 0 Å². The van der Waals surface area contributed by atoms with E-state index in [9.17, 15) is 22.8 Å². The molecule has 4 N–H and O–H groups in total. The van der Waals surface area contributed by atoms with Crippen molar-refractivity contribution in [3.8, 4) is 11.3 Å². The zero-order chi connectivity index (χ0) is 19.0. The maximum atomic E-state index is 14.1. The highest BCUT2D eigenvalue weighted by atomic mass is 19.1. The molecule has 0 unspecified atom stereocenters. The number of carbonyl (C=O) groups is 1. The summed E-state index contributed by atoms with van der Waals surface area (Å²) >= 11 is 0. The van der Waals surface area contributed by atoms with E-state index in [2.05, 4.69) is 5.32 Å². The lowest BCUT2D eigenvalue weighted by atomic mass is 10.1. The minimum Gasteiger partial charge on any atom is -0.480 e. The second kappa shape index (κ2) is 6.43. The van der Waals surface area contributed by atoms with Crippen molar-refractivity contribution in [3.63, 3.8) is 0 Å². The average molecular weight is 364 g/mol. The fourth-order valence-electron chi connectivity index (χ4n) is 2.43. The van der Waals surface area contributed by atoms with E-state index in [1.807, 2.05) is 0 Å². The molecule has 0 amide bonds. The van der Waals surface area contributed by atoms with E-state index in [1.165, 1.54) is 12.1 Å². The van der Waals surface area contributed by atoms with E-state index in [1.54, 1.807) is 0 Å². The van der Waals surface area contributed by atoms with Crippen LogP contribution in [0.25, 0.3) is 22.3 Å². The highest BCUT2D eigenvalue weighted by Gasteiger charge is 2.19. The third kappa shape index (κ3) is 3.06. The molecule has 1 heterocycles. The average Bonchev–Trinajstić information content (AvgIpc) is 2.57. The summed E-state index contributed by atoms with van der Waals surface area (Å²) in [6.07, 6.45) is 0. The van der Waals surface area contributed by atoms with Gasteiger partial charge in [0.1, 0.15) is 23.9 Å². The van der Waals surface area contributed by atoms with Crippen molar-refractivity contribution in [3.05, 3.63) is 58.0 Å². The number of benzene rings is 2. The number of rotatable bonds is 4. The Morgan fingerprint density at radius 3 is 2.50 bits per heavy atom. The Bertz CT molecular complexity index is 1100. The van der Waals surface area contributed by atoms with Gasteiger partial charge in [0.25, 0.3) is 0 Å². The second-order valence-corrected chi connectivity index (χ2v) is 5.38. The fourth-order valence-corrected chi connectivity index (χ4v) is 2.43. The molecule has 0 saturated heterocycles. The van der Waals surface area contributed by atoms with E-state index in [-0.39, 0.29) is 17.0 Å². The maximum Gasteiger partial charge on any atom is 0.322 e. The van der Waals surface area contributed by atoms with E-state index >= 15 is 0 Å². The van der Waals surface area contributed by atoms with Crippen LogP contribution >= 0.6 is 0 Å². The van der Waals surface area contributed by atoms with Crippen LogP contribution in [0.5, 0.6) is 0 Å². The van der Waals surface area contributed by atoms with Crippen LogP contribution in [0.2, 0.25) is 0 Å². The van der Waals surface area contributed by atoms with Crippen LogP contribution in [0.4, 0.5) is 24.5 Å². The maximum absolute atomic E-state index is 14.1. The first-order valence-electron chi connectivity index (χ1n) is 7.25. The lowest BCUT2D eigenvalue weighted by Crippen LogP contribution is -2.16. The Kier molecular flexibility index (Phi) is 4.29. The first kappa shape index (κ1) is 17.3. The van der Waals surface area contributed by atoms with Crippen molar-refractivity contribution in [2.45, 2.75) is 0 Å². The molecule has 0 saturated carbocycles. The monoisotopic (exact) mass is 364 g/mol. The van der Waals surface area contributed by atoms with Crippen LogP contribution < -0.4 is 16.5 Å². The lowest BCUT2D eigenvalue weighted by Gasteiger charge is -2.11. The summed E-state index contributed by atoms with van der Waals surface area (Å²) in [6.45, 7) is -0.692. The van der Waals surface area contributed by atoms with Gasteiger partial charge < -0.3 is 20.6 Å². The number of aliphatic carboxylic acids is 1. The van der Waals surface area contributed by atoms with Crippen molar-refractivity contribution in [2.75, 3.05) is 17.6 Å². The number of nitrogen functional groups attached to an aromatic ring is 1. The van der Waals surface area contributed by atoms with Gasteiger partial charge in [0.15, 0.2) is 16.8 Å². The summed E-state index contributed by atoms with van der Waals surface area (Å²) < 4.78 is 47.1. The molecule has 3 rings (SSSR count). The molecule has 0 aliphatic heterocycles. The smallest absolute Gasteiger partial charge is 0.322 e. The molecule has 0 bridgehead atoms. The van der Waals surface area contributed by atoms with E-state index in [4.69, 9.17) is 15.3 Å². The van der Waals surface area contributed by atoms with Crippen LogP contribution in [0.3, 0.4) is 0 Å². The highest BCUT2D eigenvalue weighted by Crippen LogP contribution is 2.31. The summed E-state index contributed by atoms with van der Waals surface area (Å²) in [5.74, 6) is -4.52. The zero-order valence-electron chi connectivity index (χ0n) is 13.0. The number of nitrogens with one attached hydrogen (secondary N) is 1. The SMILES string of the molecule is Nc1ccc(-c2cc(=O)c3c(NCC(=O)O)c(F)cc(F)c3o2)cc1F. The minimum absolute atomic E-state index is 0.120. The van der Waals surface area contributed by atoms with Gasteiger partial charge in [-0.15, -0.1) is 0 Å². The Morgan fingerprint density at radius 2 is 1.85 bits per heavy atom. The zero-order valence-corrected chi connectivity index (χ0v) is 13.0. The standard InChI is InChI=1S/C17H11F3N2O4/c18-8-3-7(1-2-11(8)21)13-5-12(23)15-16(22-6-14(24)25)9(19)4-10(20)17(15)26-13/h1-5,22H,6,21H2,(H,24,25). The summed E-state index contributed by atoms with van der Waals surface area (Å²) in [4.78, 5) is 23.1. The van der Waals surface area contributed by atoms with E-state index < -0.39 is 52.1 Å². The molecule has 0 atom stereocenters. The van der Waals surface area contributed by atoms with Crippen LogP contribution in [-0.4, -0.2) is 17.6 Å². The molecule has 0 aliphatic rings. The van der Waals surface area contributed by atoms with E-state index in [0.29, 0.717) is 6.07 Å². The number of carboxylic acid groups (broad SMARTS) is 1. The number of fused-ring (bicyclic) bond motifs is 1. The van der Waals surface area contributed by atoms with Crippen molar-refractivity contribution < 1.29 is 27.5 Å². The molecule has 1 aromatic heterocycles. The molecule has 6 nitrogen and oxygen atoms in total. The van der Waals surface area contributed by atoms with Crippen molar-refractivity contribution in [1.82, 2.24) is 0 Å². The van der Waals surface area contributed by atoms with Crippen LogP contribution in [-0.2, 0) is 4.79 Å². The van der Waals surface area contributed by atoms with Crippen LogP contribution in [0.1, 0.15) is 0 Å². The van der Waals surface area contributed by atoms with Gasteiger partial charge in [0.05, 0.1) is 16.8 Å². The van der Waals surface area contributed by atoms with Gasteiger partial charge in [-0.3, -0.25) is 9.59 Å². The quantitative estimate of drug-likeness (QED) is 0.615. The van der Waals surface area contributed by atoms with E-state index in [0.717, 1.165) is 12.1 Å². The first-order chi connectivity index (χ1) is 12.3. The van der Waals surface area contributed by atoms with Gasteiger partial charge >= 0.3 is 5.97 Å². The van der Waals surface area contributed by atoms with Gasteiger partial charge in [0.2, 0.25) is 0 Å². The largest absolute Gasteiger partial charge is 0.480 e. The highest BCUT2D eigenvalue weighted by molar-refractivity contribution is 5.92. The number of nitrogens with two attached hydrogens (primary N) is 1. The molecule has 0 aliphatic carbocycles. The molecular weight excluding hydrogens is 353 g/mol. The first-order valence-corrected chi connectivity index (χ1v) is 7.25. The molecule has 9 heteroatoms. The Labute approximate surface area is 143 Å². The predicted octanol–water partition coefficient (Wildman–Crippen LogP) is 2.96. The number of hydrogen-bond donors (Lipinski definition) is 3. The summed E-state index contributed by atoms with van der Waals surface area (Å²) in [5.41, 5.74) is 3.48. The van der Waals surface area contributed by atoms with Crippen molar-refractivity contribution in [1.29, 1.82) is 0 Å². The van der Waals surface area contributed by atoms with Crippen LogP contribution in [0.15, 0.2) is 39.5 Å². The molecule has 3 aromatic rings. The number of halogens is 3. The van der Waals surface area contributed by atoms with Gasteiger partial charge in [-0.05, 0) is 18.2 Å². The third-order valence-corrected chi connectivity index (χ3v) is 3.61. The number of carboxylic acids is 1. The molecule has 0 radical (unpaired) electrons. The Morgan fingerprint density at radius 1 is 1.12 bits per heavy atom. The van der Waals surface area contributed by atoms with Gasteiger partial charge in [-0.2, -0.15) is 0 Å². The molecular formula is C17H11F3N2O4. The predicted molar refractivity (Wildman–Crippen MR) is 88.3 cm³/mol. The number of anilines is 2. The Hall–Kier alpha value is -3.49. The second-order valence-electron chi connectivity index (χ2n) is 5.38. The van der Waals surface area contributed by atoms with Gasteiger partial charge in [-0.25, -0.2) is 13.2 Å². The molecule has 26 heavy (non-hydrogen) atoms. The topological polar surface area (TPSA) is 106 Å². The lowest BCUT2D eigenvalue weighted by molar-refractivity contribution is -0.134. The molecule has 0 fully saturated rings. The van der Waals surface area contributed by atoms with Gasteiger partial charge in [-0.1, -0.05) is 0 Å². The van der Waals surface area contributed by atoms with Crippen LogP contribution in [0, 0.1) is 17.5 Å². The molecule has 0 spiro atoms.